The Hall–Kier alpha value is -0.910. The standard InChI is InChI=1S/C12H20O5/c1-9(10(4-6-14)3-2-5-13)12(15)17-8-11-7-16-11/h10-11,13-14H,1-8H2. The van der Waals surface area contributed by atoms with Crippen molar-refractivity contribution in [1.82, 2.24) is 0 Å². The van der Waals surface area contributed by atoms with Crippen LogP contribution in [0.15, 0.2) is 12.2 Å². The SMILES string of the molecule is C=C(C(=O)OCC1CO1)C(CCO)CCCO. The molecule has 0 spiro atoms. The molecule has 5 nitrogen and oxygen atoms in total. The zero-order valence-corrected chi connectivity index (χ0v) is 9.93. The van der Waals surface area contributed by atoms with Crippen molar-refractivity contribution in [3.8, 4) is 0 Å². The van der Waals surface area contributed by atoms with Gasteiger partial charge in [-0.3, -0.25) is 0 Å². The summed E-state index contributed by atoms with van der Waals surface area (Å²) in [5.74, 6) is -0.559. The van der Waals surface area contributed by atoms with E-state index in [1.54, 1.807) is 0 Å². The van der Waals surface area contributed by atoms with E-state index in [1.165, 1.54) is 0 Å². The second kappa shape index (κ2) is 7.42. The lowest BCUT2D eigenvalue weighted by molar-refractivity contribution is -0.140. The van der Waals surface area contributed by atoms with Crippen molar-refractivity contribution in [1.29, 1.82) is 0 Å². The summed E-state index contributed by atoms with van der Waals surface area (Å²) in [5.41, 5.74) is 0.369. The first kappa shape index (κ1) is 14.2. The smallest absolute Gasteiger partial charge is 0.333 e. The van der Waals surface area contributed by atoms with Gasteiger partial charge in [0.05, 0.1) is 6.61 Å². The maximum Gasteiger partial charge on any atom is 0.333 e. The van der Waals surface area contributed by atoms with E-state index in [0.717, 1.165) is 0 Å². The molecule has 0 aliphatic carbocycles. The van der Waals surface area contributed by atoms with E-state index in [1.807, 2.05) is 0 Å². The molecule has 17 heavy (non-hydrogen) atoms. The first-order valence-electron chi connectivity index (χ1n) is 5.88. The van der Waals surface area contributed by atoms with Gasteiger partial charge in [0, 0.05) is 18.8 Å². The number of hydrogen-bond donors (Lipinski definition) is 2. The lowest BCUT2D eigenvalue weighted by Gasteiger charge is -2.17. The molecular formula is C12H20O5. The fraction of sp³-hybridized carbons (Fsp3) is 0.750. The molecule has 0 saturated carbocycles. The minimum atomic E-state index is -0.433. The zero-order valence-electron chi connectivity index (χ0n) is 9.93. The van der Waals surface area contributed by atoms with Crippen molar-refractivity contribution >= 4 is 5.97 Å². The Morgan fingerprint density at radius 1 is 1.41 bits per heavy atom. The molecule has 0 aromatic rings. The number of carbonyl (C=O) groups is 1. The van der Waals surface area contributed by atoms with Crippen LogP contribution in [0.1, 0.15) is 19.3 Å². The number of epoxide rings is 1. The third kappa shape index (κ3) is 5.30. The topological polar surface area (TPSA) is 79.3 Å². The maximum absolute atomic E-state index is 11.6. The van der Waals surface area contributed by atoms with Gasteiger partial charge in [-0.15, -0.1) is 0 Å². The first-order valence-corrected chi connectivity index (χ1v) is 5.88. The zero-order chi connectivity index (χ0) is 12.7. The Kier molecular flexibility index (Phi) is 6.18. The van der Waals surface area contributed by atoms with Gasteiger partial charge in [0.1, 0.15) is 12.7 Å². The van der Waals surface area contributed by atoms with Crippen molar-refractivity contribution in [2.45, 2.75) is 25.4 Å². The molecular weight excluding hydrogens is 224 g/mol. The minimum absolute atomic E-state index is 0.00582. The van der Waals surface area contributed by atoms with Gasteiger partial charge in [-0.05, 0) is 25.2 Å². The van der Waals surface area contributed by atoms with Crippen molar-refractivity contribution in [3.05, 3.63) is 12.2 Å². The predicted molar refractivity (Wildman–Crippen MR) is 61.4 cm³/mol. The number of esters is 1. The van der Waals surface area contributed by atoms with Crippen molar-refractivity contribution in [2.24, 2.45) is 5.92 Å². The van der Waals surface area contributed by atoms with E-state index in [4.69, 9.17) is 19.7 Å². The molecule has 1 aliphatic rings. The average molecular weight is 244 g/mol. The maximum atomic E-state index is 11.6. The van der Waals surface area contributed by atoms with Crippen molar-refractivity contribution in [3.63, 3.8) is 0 Å². The van der Waals surface area contributed by atoms with Crippen LogP contribution >= 0.6 is 0 Å². The van der Waals surface area contributed by atoms with E-state index in [0.29, 0.717) is 31.4 Å². The molecule has 0 bridgehead atoms. The average Bonchev–Trinajstić information content (AvgIpc) is 3.14. The number of carbonyl (C=O) groups excluding carboxylic acids is 1. The Balaban J connectivity index is 2.34. The fourth-order valence-electron chi connectivity index (χ4n) is 1.58. The van der Waals surface area contributed by atoms with Gasteiger partial charge in [-0.2, -0.15) is 0 Å². The van der Waals surface area contributed by atoms with Crippen LogP contribution in [0.5, 0.6) is 0 Å². The van der Waals surface area contributed by atoms with Gasteiger partial charge in [0.2, 0.25) is 0 Å². The third-order valence-corrected chi connectivity index (χ3v) is 2.75. The lowest BCUT2D eigenvalue weighted by Crippen LogP contribution is -2.18. The summed E-state index contributed by atoms with van der Waals surface area (Å²) >= 11 is 0. The van der Waals surface area contributed by atoms with E-state index in [-0.39, 0.29) is 31.8 Å². The number of aliphatic hydroxyl groups excluding tert-OH is 2. The highest BCUT2D eigenvalue weighted by Gasteiger charge is 2.26. The van der Waals surface area contributed by atoms with Crippen molar-refractivity contribution in [2.75, 3.05) is 26.4 Å². The highest BCUT2D eigenvalue weighted by molar-refractivity contribution is 5.88. The van der Waals surface area contributed by atoms with Gasteiger partial charge >= 0.3 is 5.97 Å². The van der Waals surface area contributed by atoms with Crippen LogP contribution in [0.4, 0.5) is 0 Å². The van der Waals surface area contributed by atoms with Crippen LogP contribution in [-0.2, 0) is 14.3 Å². The molecule has 1 saturated heterocycles. The lowest BCUT2D eigenvalue weighted by atomic mass is 9.92. The van der Waals surface area contributed by atoms with Crippen LogP contribution in [0.3, 0.4) is 0 Å². The predicted octanol–water partition coefficient (Wildman–Crippen LogP) is 0.256. The number of hydrogen-bond acceptors (Lipinski definition) is 5. The quantitative estimate of drug-likeness (QED) is 0.345. The van der Waals surface area contributed by atoms with Gasteiger partial charge in [-0.1, -0.05) is 6.58 Å². The van der Waals surface area contributed by atoms with Crippen molar-refractivity contribution < 1.29 is 24.5 Å². The minimum Gasteiger partial charge on any atom is -0.459 e. The highest BCUT2D eigenvalue weighted by Crippen LogP contribution is 2.21. The summed E-state index contributed by atoms with van der Waals surface area (Å²) in [6.45, 7) is 4.69. The summed E-state index contributed by atoms with van der Waals surface area (Å²) in [4.78, 5) is 11.6. The third-order valence-electron chi connectivity index (χ3n) is 2.75. The molecule has 0 aromatic heterocycles. The normalized spacial score (nSPS) is 19.8. The van der Waals surface area contributed by atoms with Gasteiger partial charge in [0.25, 0.3) is 0 Å². The van der Waals surface area contributed by atoms with Crippen LogP contribution in [0.25, 0.3) is 0 Å². The van der Waals surface area contributed by atoms with Gasteiger partial charge < -0.3 is 19.7 Å². The number of aliphatic hydroxyl groups is 2. The van der Waals surface area contributed by atoms with Gasteiger partial charge in [0.15, 0.2) is 0 Å². The van der Waals surface area contributed by atoms with Crippen LogP contribution in [0.2, 0.25) is 0 Å². The van der Waals surface area contributed by atoms with E-state index in [9.17, 15) is 4.79 Å². The Bertz CT molecular complexity index is 260. The number of rotatable bonds is 9. The molecule has 0 amide bonds. The molecule has 0 aromatic carbocycles. The molecule has 1 rings (SSSR count). The summed E-state index contributed by atoms with van der Waals surface area (Å²) in [6, 6.07) is 0. The van der Waals surface area contributed by atoms with Crippen LogP contribution in [-0.4, -0.2) is 48.7 Å². The molecule has 1 aliphatic heterocycles. The van der Waals surface area contributed by atoms with E-state index in [2.05, 4.69) is 6.58 Å². The van der Waals surface area contributed by atoms with Gasteiger partial charge in [-0.25, -0.2) is 4.79 Å². The molecule has 2 atom stereocenters. The molecule has 1 heterocycles. The molecule has 98 valence electrons. The molecule has 0 radical (unpaired) electrons. The Labute approximate surface area is 101 Å². The second-order valence-corrected chi connectivity index (χ2v) is 4.15. The Morgan fingerprint density at radius 3 is 2.65 bits per heavy atom. The fourth-order valence-corrected chi connectivity index (χ4v) is 1.58. The molecule has 5 heteroatoms. The monoisotopic (exact) mass is 244 g/mol. The summed E-state index contributed by atoms with van der Waals surface area (Å²) < 4.78 is 9.96. The molecule has 2 unspecified atom stereocenters. The second-order valence-electron chi connectivity index (χ2n) is 4.15. The largest absolute Gasteiger partial charge is 0.459 e. The summed E-state index contributed by atoms with van der Waals surface area (Å²) in [6.07, 6.45) is 1.72. The summed E-state index contributed by atoms with van der Waals surface area (Å²) in [5, 5.41) is 17.7. The highest BCUT2D eigenvalue weighted by atomic mass is 16.6. The summed E-state index contributed by atoms with van der Waals surface area (Å²) in [7, 11) is 0. The van der Waals surface area contributed by atoms with Crippen LogP contribution in [0, 0.1) is 5.92 Å². The molecule has 1 fully saturated rings. The van der Waals surface area contributed by atoms with E-state index >= 15 is 0 Å². The first-order chi connectivity index (χ1) is 8.19. The van der Waals surface area contributed by atoms with Crippen LogP contribution < -0.4 is 0 Å². The molecule has 2 N–H and O–H groups in total. The number of ether oxygens (including phenoxy) is 2. The Morgan fingerprint density at radius 2 is 2.12 bits per heavy atom. The van der Waals surface area contributed by atoms with E-state index < -0.39 is 5.97 Å².